The summed E-state index contributed by atoms with van der Waals surface area (Å²) < 4.78 is 30.0. The van der Waals surface area contributed by atoms with Gasteiger partial charge in [0.15, 0.2) is 0 Å². The molecular formula is C7H10O3S. The molecule has 1 rings (SSSR count). The van der Waals surface area contributed by atoms with Gasteiger partial charge in [0.25, 0.3) is 10.1 Å². The fourth-order valence-electron chi connectivity index (χ4n) is 1.07. The summed E-state index contributed by atoms with van der Waals surface area (Å²) in [6.45, 7) is 1.75. The maximum atomic E-state index is 10.7. The van der Waals surface area contributed by atoms with E-state index >= 15 is 0 Å². The molecule has 0 aromatic heterocycles. The molecule has 0 bridgehead atoms. The predicted octanol–water partition coefficient (Wildman–Crippen LogP) is 1.00. The third-order valence-corrected chi connectivity index (χ3v) is 2.96. The second-order valence-electron chi connectivity index (χ2n) is 2.61. The smallest absolute Gasteiger partial charge is 0.271 e. The first kappa shape index (κ1) is 8.49. The molecule has 0 saturated carbocycles. The van der Waals surface area contributed by atoms with Crippen LogP contribution in [0.2, 0.25) is 0 Å². The zero-order valence-electron chi connectivity index (χ0n) is 6.14. The fourth-order valence-corrected chi connectivity index (χ4v) is 1.99. The molecule has 0 amide bonds. The van der Waals surface area contributed by atoms with Crippen LogP contribution >= 0.6 is 0 Å². The van der Waals surface area contributed by atoms with Crippen molar-refractivity contribution >= 4 is 10.1 Å². The number of allylic oxidation sites excluding steroid dienone is 3. The zero-order valence-corrected chi connectivity index (χ0v) is 6.95. The van der Waals surface area contributed by atoms with Crippen molar-refractivity contribution in [2.45, 2.75) is 12.2 Å². The minimum Gasteiger partial charge on any atom is -0.285 e. The van der Waals surface area contributed by atoms with Crippen LogP contribution in [0.1, 0.15) is 6.92 Å². The minimum atomic E-state index is -3.91. The topological polar surface area (TPSA) is 54.4 Å². The van der Waals surface area contributed by atoms with Crippen LogP contribution in [0.15, 0.2) is 24.3 Å². The molecular weight excluding hydrogens is 164 g/mol. The summed E-state index contributed by atoms with van der Waals surface area (Å²) in [5.41, 5.74) is 0. The molecule has 0 fully saturated rings. The van der Waals surface area contributed by atoms with Crippen LogP contribution in [0.25, 0.3) is 0 Å². The van der Waals surface area contributed by atoms with E-state index in [9.17, 15) is 8.42 Å². The summed E-state index contributed by atoms with van der Waals surface area (Å²) >= 11 is 0. The molecule has 2 atom stereocenters. The van der Waals surface area contributed by atoms with E-state index in [-0.39, 0.29) is 5.92 Å². The van der Waals surface area contributed by atoms with Crippen molar-refractivity contribution in [2.75, 3.05) is 0 Å². The standard InChI is InChI=1S/C7H10O3S/c1-6-4-2-3-5-7(6)11(8,9)10/h2-7H,1H3,(H,8,9,10). The molecule has 0 radical (unpaired) electrons. The lowest BCUT2D eigenvalue weighted by Crippen LogP contribution is -2.25. The largest absolute Gasteiger partial charge is 0.285 e. The minimum absolute atomic E-state index is 0.144. The van der Waals surface area contributed by atoms with Gasteiger partial charge in [0.2, 0.25) is 0 Å². The summed E-state index contributed by atoms with van der Waals surface area (Å²) in [4.78, 5) is 0. The summed E-state index contributed by atoms with van der Waals surface area (Å²) in [6.07, 6.45) is 6.63. The maximum absolute atomic E-state index is 10.7. The molecule has 0 saturated heterocycles. The lowest BCUT2D eigenvalue weighted by Gasteiger charge is -2.16. The Morgan fingerprint density at radius 3 is 2.18 bits per heavy atom. The van der Waals surface area contributed by atoms with Crippen molar-refractivity contribution in [1.82, 2.24) is 0 Å². The highest BCUT2D eigenvalue weighted by Gasteiger charge is 2.25. The third kappa shape index (κ3) is 1.91. The second-order valence-corrected chi connectivity index (χ2v) is 4.18. The van der Waals surface area contributed by atoms with Crippen molar-refractivity contribution in [1.29, 1.82) is 0 Å². The molecule has 0 spiro atoms. The Morgan fingerprint density at radius 1 is 1.27 bits per heavy atom. The van der Waals surface area contributed by atoms with E-state index in [4.69, 9.17) is 4.55 Å². The Kier molecular flexibility index (Phi) is 2.15. The summed E-state index contributed by atoms with van der Waals surface area (Å²) in [6, 6.07) is 0. The normalized spacial score (nSPS) is 30.7. The second kappa shape index (κ2) is 2.79. The molecule has 2 unspecified atom stereocenters. The van der Waals surface area contributed by atoms with Crippen LogP contribution in [0.4, 0.5) is 0 Å². The Hall–Kier alpha value is -0.610. The molecule has 11 heavy (non-hydrogen) atoms. The first-order valence-corrected chi connectivity index (χ1v) is 4.83. The van der Waals surface area contributed by atoms with Gasteiger partial charge in [-0.3, -0.25) is 4.55 Å². The van der Waals surface area contributed by atoms with Gasteiger partial charge in [-0.15, -0.1) is 0 Å². The molecule has 3 nitrogen and oxygen atoms in total. The number of hydrogen-bond donors (Lipinski definition) is 1. The van der Waals surface area contributed by atoms with E-state index in [0.717, 1.165) is 0 Å². The van der Waals surface area contributed by atoms with E-state index in [2.05, 4.69) is 0 Å². The van der Waals surface area contributed by atoms with Gasteiger partial charge in [-0.25, -0.2) is 0 Å². The quantitative estimate of drug-likeness (QED) is 0.603. The van der Waals surface area contributed by atoms with Crippen molar-refractivity contribution in [3.63, 3.8) is 0 Å². The first-order valence-electron chi connectivity index (χ1n) is 3.33. The predicted molar refractivity (Wildman–Crippen MR) is 42.8 cm³/mol. The van der Waals surface area contributed by atoms with Gasteiger partial charge in [0.05, 0.1) is 0 Å². The van der Waals surface area contributed by atoms with Crippen LogP contribution in [-0.2, 0) is 10.1 Å². The van der Waals surface area contributed by atoms with Crippen LogP contribution in [0.5, 0.6) is 0 Å². The average molecular weight is 174 g/mol. The van der Waals surface area contributed by atoms with Crippen LogP contribution in [-0.4, -0.2) is 18.2 Å². The SMILES string of the molecule is CC1C=CC=CC1S(=O)(=O)O. The van der Waals surface area contributed by atoms with Crippen LogP contribution in [0, 0.1) is 5.92 Å². The zero-order chi connectivity index (χ0) is 8.48. The van der Waals surface area contributed by atoms with Crippen LogP contribution in [0.3, 0.4) is 0 Å². The van der Waals surface area contributed by atoms with E-state index in [1.54, 1.807) is 25.2 Å². The van der Waals surface area contributed by atoms with Crippen molar-refractivity contribution in [3.8, 4) is 0 Å². The van der Waals surface area contributed by atoms with E-state index in [1.165, 1.54) is 6.08 Å². The molecule has 0 heterocycles. The van der Waals surface area contributed by atoms with Gasteiger partial charge >= 0.3 is 0 Å². The fraction of sp³-hybridized carbons (Fsp3) is 0.429. The van der Waals surface area contributed by atoms with Gasteiger partial charge < -0.3 is 0 Å². The van der Waals surface area contributed by atoms with Gasteiger partial charge in [-0.05, 0) is 5.92 Å². The maximum Gasteiger partial charge on any atom is 0.271 e. The van der Waals surface area contributed by atoms with Gasteiger partial charge in [-0.1, -0.05) is 31.2 Å². The molecule has 0 aromatic rings. The molecule has 1 aliphatic carbocycles. The van der Waals surface area contributed by atoms with E-state index in [0.29, 0.717) is 0 Å². The highest BCUT2D eigenvalue weighted by molar-refractivity contribution is 7.86. The lowest BCUT2D eigenvalue weighted by atomic mass is 10.0. The Bertz CT molecular complexity index is 287. The van der Waals surface area contributed by atoms with E-state index < -0.39 is 15.4 Å². The molecule has 1 aliphatic rings. The summed E-state index contributed by atoms with van der Waals surface area (Å²) in [5.74, 6) is -0.144. The number of hydrogen-bond acceptors (Lipinski definition) is 2. The van der Waals surface area contributed by atoms with Crippen molar-refractivity contribution < 1.29 is 13.0 Å². The van der Waals surface area contributed by atoms with Crippen molar-refractivity contribution in [2.24, 2.45) is 5.92 Å². The first-order chi connectivity index (χ1) is 5.02. The monoisotopic (exact) mass is 174 g/mol. The van der Waals surface area contributed by atoms with Crippen molar-refractivity contribution in [3.05, 3.63) is 24.3 Å². The molecule has 4 heteroatoms. The lowest BCUT2D eigenvalue weighted by molar-refractivity contribution is 0.464. The highest BCUT2D eigenvalue weighted by atomic mass is 32.2. The molecule has 62 valence electrons. The van der Waals surface area contributed by atoms with Gasteiger partial charge in [0.1, 0.15) is 5.25 Å². The molecule has 0 aromatic carbocycles. The number of rotatable bonds is 1. The molecule has 1 N–H and O–H groups in total. The molecule has 0 aliphatic heterocycles. The Labute approximate surface area is 66.2 Å². The third-order valence-electron chi connectivity index (χ3n) is 1.69. The van der Waals surface area contributed by atoms with Crippen LogP contribution < -0.4 is 0 Å². The van der Waals surface area contributed by atoms with E-state index in [1.807, 2.05) is 0 Å². The average Bonchev–Trinajstić information content (AvgIpc) is 1.86. The Balaban J connectivity index is 2.91. The van der Waals surface area contributed by atoms with Gasteiger partial charge in [0, 0.05) is 0 Å². The summed E-state index contributed by atoms with van der Waals surface area (Å²) in [5, 5.41) is -0.771. The Morgan fingerprint density at radius 2 is 1.82 bits per heavy atom. The highest BCUT2D eigenvalue weighted by Crippen LogP contribution is 2.17. The van der Waals surface area contributed by atoms with Gasteiger partial charge in [-0.2, -0.15) is 8.42 Å². The summed E-state index contributed by atoms with van der Waals surface area (Å²) in [7, 11) is -3.91.